The van der Waals surface area contributed by atoms with Crippen LogP contribution in [0.5, 0.6) is 0 Å². The average Bonchev–Trinajstić information content (AvgIpc) is 2.46. The van der Waals surface area contributed by atoms with Gasteiger partial charge in [-0.25, -0.2) is 0 Å². The zero-order valence-electron chi connectivity index (χ0n) is 11.0. The van der Waals surface area contributed by atoms with Gasteiger partial charge in [-0.3, -0.25) is 4.79 Å². The number of nitrogens with zero attached hydrogens (tertiary/aromatic N) is 1. The van der Waals surface area contributed by atoms with Crippen LogP contribution < -0.4 is 5.32 Å². The Labute approximate surface area is 108 Å². The largest absolute Gasteiger partial charge is 0.388 e. The van der Waals surface area contributed by atoms with E-state index in [0.717, 1.165) is 37.2 Å². The molecule has 1 N–H and O–H groups in total. The van der Waals surface area contributed by atoms with Crippen LogP contribution in [0.2, 0.25) is 0 Å². The minimum absolute atomic E-state index is 0.113. The van der Waals surface area contributed by atoms with Crippen LogP contribution in [0.25, 0.3) is 0 Å². The molecule has 0 atom stereocenters. The lowest BCUT2D eigenvalue weighted by Crippen LogP contribution is -2.40. The number of likely N-dealkylation sites (tertiary alicyclic amines) is 1. The molecule has 2 rings (SSSR count). The highest BCUT2D eigenvalue weighted by atomic mass is 16.5. The predicted octanol–water partition coefficient (Wildman–Crippen LogP) is 1.98. The molecule has 0 aromatic heterocycles. The highest BCUT2D eigenvalue weighted by Gasteiger charge is 2.23. The topological polar surface area (TPSA) is 41.6 Å². The number of rotatable bonds is 3. The van der Waals surface area contributed by atoms with Crippen LogP contribution in [-0.4, -0.2) is 44.2 Å². The molecular formula is C14H20N2O2. The van der Waals surface area contributed by atoms with E-state index in [1.54, 1.807) is 7.11 Å². The first-order valence-corrected chi connectivity index (χ1v) is 6.34. The van der Waals surface area contributed by atoms with Gasteiger partial charge in [0.25, 0.3) is 5.91 Å². The van der Waals surface area contributed by atoms with Crippen molar-refractivity contribution in [1.29, 1.82) is 0 Å². The quantitative estimate of drug-likeness (QED) is 0.889. The lowest BCUT2D eigenvalue weighted by molar-refractivity contribution is 0.0351. The summed E-state index contributed by atoms with van der Waals surface area (Å²) < 4.78 is 5.31. The monoisotopic (exact) mass is 248 g/mol. The molecular weight excluding hydrogens is 228 g/mol. The first-order chi connectivity index (χ1) is 8.74. The van der Waals surface area contributed by atoms with E-state index in [0.29, 0.717) is 6.10 Å². The van der Waals surface area contributed by atoms with Crippen LogP contribution in [0.4, 0.5) is 5.69 Å². The Kier molecular flexibility index (Phi) is 4.20. The second kappa shape index (κ2) is 5.87. The van der Waals surface area contributed by atoms with E-state index in [-0.39, 0.29) is 5.91 Å². The van der Waals surface area contributed by atoms with Crippen molar-refractivity contribution in [1.82, 2.24) is 4.90 Å². The first-order valence-electron chi connectivity index (χ1n) is 6.34. The second-order valence-corrected chi connectivity index (χ2v) is 4.56. The van der Waals surface area contributed by atoms with Crippen LogP contribution in [0, 0.1) is 0 Å². The van der Waals surface area contributed by atoms with Gasteiger partial charge < -0.3 is 15.0 Å². The van der Waals surface area contributed by atoms with Gasteiger partial charge in [-0.2, -0.15) is 0 Å². The first kappa shape index (κ1) is 12.9. The van der Waals surface area contributed by atoms with Gasteiger partial charge in [0.1, 0.15) is 0 Å². The Bertz CT molecular complexity index is 412. The van der Waals surface area contributed by atoms with Crippen molar-refractivity contribution >= 4 is 11.6 Å². The number of hydrogen-bond donors (Lipinski definition) is 1. The zero-order valence-corrected chi connectivity index (χ0v) is 11.0. The van der Waals surface area contributed by atoms with Crippen molar-refractivity contribution in [3.05, 3.63) is 29.8 Å². The smallest absolute Gasteiger partial charge is 0.253 e. The molecule has 0 spiro atoms. The maximum Gasteiger partial charge on any atom is 0.253 e. The van der Waals surface area contributed by atoms with Crippen molar-refractivity contribution < 1.29 is 9.53 Å². The fourth-order valence-electron chi connectivity index (χ4n) is 2.28. The molecule has 1 aromatic rings. The summed E-state index contributed by atoms with van der Waals surface area (Å²) in [4.78, 5) is 14.2. The third-order valence-electron chi connectivity index (χ3n) is 3.46. The Balaban J connectivity index is 2.03. The van der Waals surface area contributed by atoms with Gasteiger partial charge in [0.2, 0.25) is 0 Å². The molecule has 0 aliphatic carbocycles. The van der Waals surface area contributed by atoms with Crippen LogP contribution in [0.15, 0.2) is 24.3 Å². The highest BCUT2D eigenvalue weighted by Crippen LogP contribution is 2.17. The SMILES string of the molecule is CNc1cccc(C(=O)N2CCC(OC)CC2)c1. The Morgan fingerprint density at radius 1 is 1.39 bits per heavy atom. The van der Waals surface area contributed by atoms with Crippen molar-refractivity contribution in [3.8, 4) is 0 Å². The molecule has 1 fully saturated rings. The number of hydrogen-bond acceptors (Lipinski definition) is 3. The van der Waals surface area contributed by atoms with Gasteiger partial charge in [-0.15, -0.1) is 0 Å². The lowest BCUT2D eigenvalue weighted by atomic mass is 10.1. The summed E-state index contributed by atoms with van der Waals surface area (Å²) >= 11 is 0. The van der Waals surface area contributed by atoms with Crippen LogP contribution in [-0.2, 0) is 4.74 Å². The number of carbonyl (C=O) groups is 1. The van der Waals surface area contributed by atoms with Crippen molar-refractivity contribution in [2.45, 2.75) is 18.9 Å². The Morgan fingerprint density at radius 3 is 2.72 bits per heavy atom. The van der Waals surface area contributed by atoms with Gasteiger partial charge in [-0.1, -0.05) is 6.07 Å². The molecule has 1 aromatic carbocycles. The maximum absolute atomic E-state index is 12.3. The zero-order chi connectivity index (χ0) is 13.0. The molecule has 1 aliphatic heterocycles. The Hall–Kier alpha value is -1.55. The molecule has 1 amide bonds. The van der Waals surface area contributed by atoms with E-state index in [1.165, 1.54) is 0 Å². The maximum atomic E-state index is 12.3. The summed E-state index contributed by atoms with van der Waals surface area (Å²) in [6, 6.07) is 7.62. The van der Waals surface area contributed by atoms with E-state index in [1.807, 2.05) is 36.2 Å². The summed E-state index contributed by atoms with van der Waals surface area (Å²) in [7, 11) is 3.59. The number of anilines is 1. The number of carbonyl (C=O) groups excluding carboxylic acids is 1. The second-order valence-electron chi connectivity index (χ2n) is 4.56. The molecule has 1 aliphatic rings. The van der Waals surface area contributed by atoms with Gasteiger partial charge in [0.15, 0.2) is 0 Å². The molecule has 98 valence electrons. The lowest BCUT2D eigenvalue weighted by Gasteiger charge is -2.31. The highest BCUT2D eigenvalue weighted by molar-refractivity contribution is 5.95. The normalized spacial score (nSPS) is 16.7. The van der Waals surface area contributed by atoms with Gasteiger partial charge in [0.05, 0.1) is 6.10 Å². The third-order valence-corrected chi connectivity index (χ3v) is 3.46. The van der Waals surface area contributed by atoms with E-state index >= 15 is 0 Å². The number of methoxy groups -OCH3 is 1. The van der Waals surface area contributed by atoms with E-state index < -0.39 is 0 Å². The summed E-state index contributed by atoms with van der Waals surface area (Å²) in [5.74, 6) is 0.113. The van der Waals surface area contributed by atoms with E-state index in [2.05, 4.69) is 5.32 Å². The summed E-state index contributed by atoms with van der Waals surface area (Å²) in [5.41, 5.74) is 1.71. The predicted molar refractivity (Wildman–Crippen MR) is 71.9 cm³/mol. The molecule has 4 nitrogen and oxygen atoms in total. The third kappa shape index (κ3) is 2.82. The minimum Gasteiger partial charge on any atom is -0.388 e. The van der Waals surface area contributed by atoms with Crippen molar-refractivity contribution in [2.75, 3.05) is 32.6 Å². The molecule has 0 unspecified atom stereocenters. The van der Waals surface area contributed by atoms with Gasteiger partial charge in [0, 0.05) is 38.5 Å². The number of nitrogens with one attached hydrogen (secondary N) is 1. The summed E-state index contributed by atoms with van der Waals surface area (Å²) in [6.45, 7) is 1.56. The molecule has 0 radical (unpaired) electrons. The van der Waals surface area contributed by atoms with Crippen LogP contribution in [0.3, 0.4) is 0 Å². The molecule has 0 bridgehead atoms. The number of piperidine rings is 1. The van der Waals surface area contributed by atoms with E-state index in [4.69, 9.17) is 4.74 Å². The fourth-order valence-corrected chi connectivity index (χ4v) is 2.28. The minimum atomic E-state index is 0.113. The molecule has 0 saturated carbocycles. The molecule has 18 heavy (non-hydrogen) atoms. The van der Waals surface area contributed by atoms with Gasteiger partial charge in [-0.05, 0) is 31.0 Å². The molecule has 1 saturated heterocycles. The van der Waals surface area contributed by atoms with Crippen LogP contribution >= 0.6 is 0 Å². The van der Waals surface area contributed by atoms with Crippen LogP contribution in [0.1, 0.15) is 23.2 Å². The Morgan fingerprint density at radius 2 is 2.11 bits per heavy atom. The standard InChI is InChI=1S/C14H20N2O2/c1-15-12-5-3-4-11(10-12)14(17)16-8-6-13(18-2)7-9-16/h3-5,10,13,15H,6-9H2,1-2H3. The number of amides is 1. The summed E-state index contributed by atoms with van der Waals surface area (Å²) in [6.07, 6.45) is 2.15. The fraction of sp³-hybridized carbons (Fsp3) is 0.500. The number of benzene rings is 1. The average molecular weight is 248 g/mol. The van der Waals surface area contributed by atoms with Crippen molar-refractivity contribution in [2.24, 2.45) is 0 Å². The number of ether oxygens (including phenoxy) is 1. The van der Waals surface area contributed by atoms with Gasteiger partial charge >= 0.3 is 0 Å². The van der Waals surface area contributed by atoms with Crippen molar-refractivity contribution in [3.63, 3.8) is 0 Å². The molecule has 1 heterocycles. The summed E-state index contributed by atoms with van der Waals surface area (Å²) in [5, 5.41) is 3.05. The molecule has 4 heteroatoms. The van der Waals surface area contributed by atoms with E-state index in [9.17, 15) is 4.79 Å².